The molecule has 0 atom stereocenters. The van der Waals surface area contributed by atoms with Crippen molar-refractivity contribution in [3.8, 4) is 0 Å². The van der Waals surface area contributed by atoms with Gasteiger partial charge in [0.1, 0.15) is 5.82 Å². The van der Waals surface area contributed by atoms with Crippen LogP contribution >= 0.6 is 0 Å². The van der Waals surface area contributed by atoms with Crippen LogP contribution in [0.15, 0.2) is 18.3 Å². The monoisotopic (exact) mass is 231 g/mol. The van der Waals surface area contributed by atoms with Gasteiger partial charge in [-0.25, -0.2) is 4.98 Å². The predicted octanol–water partition coefficient (Wildman–Crippen LogP) is 3.12. The molecule has 0 spiro atoms. The van der Waals surface area contributed by atoms with Crippen molar-refractivity contribution in [1.82, 2.24) is 4.98 Å². The van der Waals surface area contributed by atoms with Crippen molar-refractivity contribution in [3.05, 3.63) is 18.3 Å². The fraction of sp³-hybridized carbons (Fsp3) is 0.643. The van der Waals surface area contributed by atoms with Gasteiger partial charge in [-0.3, -0.25) is 0 Å². The Balaban J connectivity index is 1.59. The van der Waals surface area contributed by atoms with Gasteiger partial charge in [0, 0.05) is 31.0 Å². The van der Waals surface area contributed by atoms with Crippen LogP contribution in [0.3, 0.4) is 0 Å². The number of hydrogen-bond acceptors (Lipinski definition) is 3. The minimum atomic E-state index is 0.654. The molecule has 0 bridgehead atoms. The SMILES string of the molecule is CCNc1cc(NCC2(C3CC3)CC2)ccn1. The number of nitrogens with one attached hydrogen (secondary N) is 2. The second-order valence-electron chi connectivity index (χ2n) is 5.45. The lowest BCUT2D eigenvalue weighted by molar-refractivity contribution is 0.467. The molecule has 0 amide bonds. The lowest BCUT2D eigenvalue weighted by Crippen LogP contribution is -2.17. The van der Waals surface area contributed by atoms with E-state index >= 15 is 0 Å². The quantitative estimate of drug-likeness (QED) is 0.790. The first kappa shape index (κ1) is 10.9. The second-order valence-corrected chi connectivity index (χ2v) is 5.45. The average molecular weight is 231 g/mol. The van der Waals surface area contributed by atoms with E-state index in [9.17, 15) is 0 Å². The van der Waals surface area contributed by atoms with E-state index in [2.05, 4.69) is 34.7 Å². The summed E-state index contributed by atoms with van der Waals surface area (Å²) in [4.78, 5) is 4.29. The Morgan fingerprint density at radius 1 is 1.35 bits per heavy atom. The Morgan fingerprint density at radius 2 is 2.18 bits per heavy atom. The minimum absolute atomic E-state index is 0.654. The highest BCUT2D eigenvalue weighted by molar-refractivity contribution is 5.52. The topological polar surface area (TPSA) is 37.0 Å². The molecule has 3 rings (SSSR count). The number of aromatic nitrogens is 1. The van der Waals surface area contributed by atoms with Gasteiger partial charge in [0.25, 0.3) is 0 Å². The number of nitrogens with zero attached hydrogens (tertiary/aromatic N) is 1. The zero-order chi connectivity index (χ0) is 11.7. The Bertz CT molecular complexity index is 394. The maximum atomic E-state index is 4.29. The number of anilines is 2. The number of rotatable bonds is 6. The molecule has 92 valence electrons. The number of pyridine rings is 1. The summed E-state index contributed by atoms with van der Waals surface area (Å²) in [6, 6.07) is 4.16. The molecule has 2 fully saturated rings. The molecule has 1 aromatic heterocycles. The highest BCUT2D eigenvalue weighted by atomic mass is 15.0. The van der Waals surface area contributed by atoms with Crippen molar-refractivity contribution in [1.29, 1.82) is 0 Å². The smallest absolute Gasteiger partial charge is 0.127 e. The fourth-order valence-corrected chi connectivity index (χ4v) is 2.68. The molecule has 17 heavy (non-hydrogen) atoms. The summed E-state index contributed by atoms with van der Waals surface area (Å²) in [6.07, 6.45) is 7.64. The first-order chi connectivity index (χ1) is 8.32. The molecule has 1 aromatic rings. The van der Waals surface area contributed by atoms with E-state index in [1.54, 1.807) is 0 Å². The molecule has 2 saturated carbocycles. The van der Waals surface area contributed by atoms with Crippen LogP contribution in [0, 0.1) is 11.3 Å². The van der Waals surface area contributed by atoms with Crippen LogP contribution in [0.2, 0.25) is 0 Å². The van der Waals surface area contributed by atoms with Gasteiger partial charge in [-0.05, 0) is 50.0 Å². The highest BCUT2D eigenvalue weighted by Crippen LogP contribution is 2.61. The molecule has 0 aromatic carbocycles. The van der Waals surface area contributed by atoms with Gasteiger partial charge in [-0.15, -0.1) is 0 Å². The lowest BCUT2D eigenvalue weighted by atomic mass is 10.0. The molecule has 0 unspecified atom stereocenters. The Hall–Kier alpha value is -1.25. The second kappa shape index (κ2) is 4.21. The molecular weight excluding hydrogens is 210 g/mol. The van der Waals surface area contributed by atoms with Gasteiger partial charge < -0.3 is 10.6 Å². The molecule has 3 nitrogen and oxygen atoms in total. The molecule has 3 heteroatoms. The van der Waals surface area contributed by atoms with Crippen molar-refractivity contribution >= 4 is 11.5 Å². The first-order valence-electron chi connectivity index (χ1n) is 6.76. The number of hydrogen-bond donors (Lipinski definition) is 2. The van der Waals surface area contributed by atoms with Crippen molar-refractivity contribution < 1.29 is 0 Å². The van der Waals surface area contributed by atoms with E-state index in [1.165, 1.54) is 31.4 Å². The summed E-state index contributed by atoms with van der Waals surface area (Å²) in [7, 11) is 0. The van der Waals surface area contributed by atoms with Crippen molar-refractivity contribution in [3.63, 3.8) is 0 Å². The van der Waals surface area contributed by atoms with Gasteiger partial charge in [0.2, 0.25) is 0 Å². The van der Waals surface area contributed by atoms with E-state index in [4.69, 9.17) is 0 Å². The Kier molecular flexibility index (Phi) is 2.69. The molecule has 2 N–H and O–H groups in total. The van der Waals surface area contributed by atoms with Gasteiger partial charge >= 0.3 is 0 Å². The zero-order valence-electron chi connectivity index (χ0n) is 10.5. The van der Waals surface area contributed by atoms with Crippen molar-refractivity contribution in [2.45, 2.75) is 32.6 Å². The van der Waals surface area contributed by atoms with E-state index in [1.807, 2.05) is 6.20 Å². The summed E-state index contributed by atoms with van der Waals surface area (Å²) in [5, 5.41) is 6.83. The van der Waals surface area contributed by atoms with Crippen LogP contribution in [0.25, 0.3) is 0 Å². The van der Waals surface area contributed by atoms with Crippen LogP contribution in [0.4, 0.5) is 11.5 Å². The van der Waals surface area contributed by atoms with Gasteiger partial charge in [-0.1, -0.05) is 0 Å². The summed E-state index contributed by atoms with van der Waals surface area (Å²) in [6.45, 7) is 4.16. The average Bonchev–Trinajstić information content (AvgIpc) is 3.19. The third kappa shape index (κ3) is 2.38. The maximum Gasteiger partial charge on any atom is 0.127 e. The van der Waals surface area contributed by atoms with Crippen LogP contribution in [0.5, 0.6) is 0 Å². The summed E-state index contributed by atoms with van der Waals surface area (Å²) < 4.78 is 0. The first-order valence-corrected chi connectivity index (χ1v) is 6.76. The molecule has 0 saturated heterocycles. The van der Waals surface area contributed by atoms with Gasteiger partial charge in [-0.2, -0.15) is 0 Å². The largest absolute Gasteiger partial charge is 0.384 e. The minimum Gasteiger partial charge on any atom is -0.384 e. The van der Waals surface area contributed by atoms with Crippen LogP contribution in [-0.4, -0.2) is 18.1 Å². The molecular formula is C14H21N3. The standard InChI is InChI=1S/C14H21N3/c1-2-15-13-9-12(5-8-16-13)17-10-14(6-7-14)11-3-4-11/h5,8-9,11H,2-4,6-7,10H2,1H3,(H2,15,16,17). The zero-order valence-corrected chi connectivity index (χ0v) is 10.5. The third-order valence-corrected chi connectivity index (χ3v) is 4.10. The predicted molar refractivity (Wildman–Crippen MR) is 71.3 cm³/mol. The molecule has 2 aliphatic rings. The summed E-state index contributed by atoms with van der Waals surface area (Å²) >= 11 is 0. The summed E-state index contributed by atoms with van der Waals surface area (Å²) in [5.41, 5.74) is 1.85. The van der Waals surface area contributed by atoms with Crippen molar-refractivity contribution in [2.75, 3.05) is 23.7 Å². The van der Waals surface area contributed by atoms with Crippen LogP contribution < -0.4 is 10.6 Å². The van der Waals surface area contributed by atoms with Crippen LogP contribution in [-0.2, 0) is 0 Å². The van der Waals surface area contributed by atoms with Crippen LogP contribution in [0.1, 0.15) is 32.6 Å². The maximum absolute atomic E-state index is 4.29. The van der Waals surface area contributed by atoms with Gasteiger partial charge in [0.15, 0.2) is 0 Å². The van der Waals surface area contributed by atoms with E-state index in [0.29, 0.717) is 5.41 Å². The van der Waals surface area contributed by atoms with E-state index < -0.39 is 0 Å². The summed E-state index contributed by atoms with van der Waals surface area (Å²) in [5.74, 6) is 1.99. The van der Waals surface area contributed by atoms with Crippen molar-refractivity contribution in [2.24, 2.45) is 11.3 Å². The Morgan fingerprint density at radius 3 is 2.82 bits per heavy atom. The lowest BCUT2D eigenvalue weighted by Gasteiger charge is -2.16. The molecule has 0 radical (unpaired) electrons. The van der Waals surface area contributed by atoms with Gasteiger partial charge in [0.05, 0.1) is 0 Å². The molecule has 0 aliphatic heterocycles. The molecule has 2 aliphatic carbocycles. The van der Waals surface area contributed by atoms with E-state index in [0.717, 1.165) is 24.8 Å². The fourth-order valence-electron chi connectivity index (χ4n) is 2.68. The van der Waals surface area contributed by atoms with E-state index in [-0.39, 0.29) is 0 Å². The third-order valence-electron chi connectivity index (χ3n) is 4.10. The normalized spacial score (nSPS) is 21.0. The molecule has 1 heterocycles. The Labute approximate surface area is 103 Å². The highest BCUT2D eigenvalue weighted by Gasteiger charge is 2.53.